The van der Waals surface area contributed by atoms with E-state index in [1.807, 2.05) is 30.3 Å². The van der Waals surface area contributed by atoms with E-state index in [-0.39, 0.29) is 11.7 Å². The maximum Gasteiger partial charge on any atom is 0.266 e. The third kappa shape index (κ3) is 4.05. The Morgan fingerprint density at radius 2 is 2.08 bits per heavy atom. The summed E-state index contributed by atoms with van der Waals surface area (Å²) in [5.41, 5.74) is 0.867. The van der Waals surface area contributed by atoms with Crippen molar-refractivity contribution in [3.05, 3.63) is 52.3 Å². The maximum atomic E-state index is 12.7. The Morgan fingerprint density at radius 1 is 1.38 bits per heavy atom. The molecule has 2 atom stereocenters. The van der Waals surface area contributed by atoms with Crippen LogP contribution >= 0.6 is 24.0 Å². The fourth-order valence-corrected chi connectivity index (χ4v) is 5.25. The van der Waals surface area contributed by atoms with Crippen LogP contribution in [0.2, 0.25) is 0 Å². The molecule has 1 N–H and O–H groups in total. The minimum Gasteiger partial charge on any atom is -0.347 e. The average Bonchev–Trinajstić information content (AvgIpc) is 3.06. The molecule has 0 bridgehead atoms. The van der Waals surface area contributed by atoms with E-state index < -0.39 is 27.8 Å². The molecule has 136 valence electrons. The minimum atomic E-state index is -3.27. The number of nitrogens with one attached hydrogen (secondary N) is 1. The molecule has 1 aromatic carbocycles. The van der Waals surface area contributed by atoms with Crippen LogP contribution in [-0.2, 0) is 19.4 Å². The van der Waals surface area contributed by atoms with Crippen molar-refractivity contribution < 1.29 is 18.0 Å². The lowest BCUT2D eigenvalue weighted by Gasteiger charge is -2.23. The van der Waals surface area contributed by atoms with Crippen molar-refractivity contribution in [1.82, 2.24) is 10.2 Å². The third-order valence-electron chi connectivity index (χ3n) is 3.95. The fraction of sp³-hybridized carbons (Fsp3) is 0.235. The molecular formula is C17H16N2O4S3. The van der Waals surface area contributed by atoms with E-state index in [0.717, 1.165) is 22.7 Å². The van der Waals surface area contributed by atoms with Crippen LogP contribution in [0.3, 0.4) is 0 Å². The number of carbonyl (C=O) groups is 2. The van der Waals surface area contributed by atoms with E-state index in [1.54, 1.807) is 13.0 Å². The van der Waals surface area contributed by atoms with Gasteiger partial charge in [0.05, 0.1) is 16.7 Å². The molecule has 1 saturated heterocycles. The third-order valence-corrected chi connectivity index (χ3v) is 6.67. The molecule has 2 amide bonds. The summed E-state index contributed by atoms with van der Waals surface area (Å²) in [6, 6.07) is 7.93. The summed E-state index contributed by atoms with van der Waals surface area (Å²) in [7, 11) is -3.27. The first-order chi connectivity index (χ1) is 12.3. The lowest BCUT2D eigenvalue weighted by molar-refractivity contribution is -0.132. The Balaban J connectivity index is 1.71. The molecule has 6 nitrogen and oxygen atoms in total. The molecule has 1 aromatic rings. The molecule has 0 aromatic heterocycles. The van der Waals surface area contributed by atoms with Crippen LogP contribution < -0.4 is 5.32 Å². The average molecular weight is 409 g/mol. The predicted octanol–water partition coefficient (Wildman–Crippen LogP) is 1.70. The maximum absolute atomic E-state index is 12.7. The summed E-state index contributed by atoms with van der Waals surface area (Å²) < 4.78 is 23.2. The van der Waals surface area contributed by atoms with E-state index in [1.165, 1.54) is 11.0 Å². The highest BCUT2D eigenvalue weighted by molar-refractivity contribution is 8.26. The Kier molecular flexibility index (Phi) is 5.31. The number of rotatable bonds is 4. The standard InChI is InChI=1S/C17H16N2O4S3/c1-11(15(20)18-13-7-8-26(22,23)10-13)19-16(21)14(25-17(19)24)9-12-5-3-2-4-6-12/h2-9,11,13H,10H2,1H3,(H,18,20)/b14-9-. The van der Waals surface area contributed by atoms with Crippen LogP contribution in [0.1, 0.15) is 12.5 Å². The number of amides is 2. The molecule has 0 radical (unpaired) electrons. The van der Waals surface area contributed by atoms with Gasteiger partial charge in [-0.3, -0.25) is 14.5 Å². The second-order valence-electron chi connectivity index (χ2n) is 5.91. The number of thioether (sulfide) groups is 1. The highest BCUT2D eigenvalue weighted by Crippen LogP contribution is 2.34. The van der Waals surface area contributed by atoms with Crippen LogP contribution in [-0.4, -0.2) is 47.3 Å². The highest BCUT2D eigenvalue weighted by atomic mass is 32.2. The van der Waals surface area contributed by atoms with Crippen LogP contribution in [0.25, 0.3) is 6.08 Å². The zero-order valence-corrected chi connectivity index (χ0v) is 16.2. The minimum absolute atomic E-state index is 0.169. The largest absolute Gasteiger partial charge is 0.347 e. The normalized spacial score (nSPS) is 24.3. The van der Waals surface area contributed by atoms with Gasteiger partial charge in [-0.05, 0) is 24.6 Å². The van der Waals surface area contributed by atoms with E-state index in [9.17, 15) is 18.0 Å². The first-order valence-corrected chi connectivity index (χ1v) is 10.7. The van der Waals surface area contributed by atoms with Crippen molar-refractivity contribution >= 4 is 56.0 Å². The molecule has 0 saturated carbocycles. The van der Waals surface area contributed by atoms with E-state index in [2.05, 4.69) is 5.32 Å². The number of thiocarbonyl (C=S) groups is 1. The fourth-order valence-electron chi connectivity index (χ4n) is 2.60. The van der Waals surface area contributed by atoms with Gasteiger partial charge < -0.3 is 5.32 Å². The lowest BCUT2D eigenvalue weighted by atomic mass is 10.2. The van der Waals surface area contributed by atoms with E-state index in [4.69, 9.17) is 12.2 Å². The molecular weight excluding hydrogens is 392 g/mol. The van der Waals surface area contributed by atoms with Crippen LogP contribution in [0.5, 0.6) is 0 Å². The molecule has 1 fully saturated rings. The molecule has 2 aliphatic heterocycles. The van der Waals surface area contributed by atoms with Gasteiger partial charge in [0, 0.05) is 5.41 Å². The molecule has 0 spiro atoms. The monoisotopic (exact) mass is 408 g/mol. The van der Waals surface area contributed by atoms with Gasteiger partial charge in [-0.15, -0.1) is 0 Å². The van der Waals surface area contributed by atoms with Gasteiger partial charge in [-0.1, -0.05) is 54.3 Å². The van der Waals surface area contributed by atoms with Gasteiger partial charge >= 0.3 is 0 Å². The number of carbonyl (C=O) groups excluding carboxylic acids is 2. The van der Waals surface area contributed by atoms with Crippen molar-refractivity contribution in [2.45, 2.75) is 19.0 Å². The summed E-state index contributed by atoms with van der Waals surface area (Å²) in [5, 5.41) is 3.72. The Labute approximate surface area is 161 Å². The van der Waals surface area contributed by atoms with Crippen molar-refractivity contribution in [3.8, 4) is 0 Å². The molecule has 2 unspecified atom stereocenters. The van der Waals surface area contributed by atoms with Crippen LogP contribution in [0, 0.1) is 0 Å². The van der Waals surface area contributed by atoms with E-state index >= 15 is 0 Å². The van der Waals surface area contributed by atoms with Crippen molar-refractivity contribution in [2.24, 2.45) is 0 Å². The summed E-state index contributed by atoms with van der Waals surface area (Å²) >= 11 is 6.41. The van der Waals surface area contributed by atoms with Crippen molar-refractivity contribution in [2.75, 3.05) is 5.75 Å². The number of benzene rings is 1. The zero-order valence-electron chi connectivity index (χ0n) is 13.8. The van der Waals surface area contributed by atoms with Gasteiger partial charge in [0.25, 0.3) is 5.91 Å². The zero-order chi connectivity index (χ0) is 18.9. The number of hydrogen-bond acceptors (Lipinski definition) is 6. The first kappa shape index (κ1) is 18.8. The summed E-state index contributed by atoms with van der Waals surface area (Å²) in [6.07, 6.45) is 3.16. The SMILES string of the molecule is CC(C(=O)NC1C=CS(=O)(=O)C1)N1C(=O)/C(=C/c2ccccc2)SC1=S. The van der Waals surface area contributed by atoms with Gasteiger partial charge in [0.1, 0.15) is 10.4 Å². The molecule has 9 heteroatoms. The van der Waals surface area contributed by atoms with E-state index in [0.29, 0.717) is 9.23 Å². The Bertz CT molecular complexity index is 923. The summed E-state index contributed by atoms with van der Waals surface area (Å²) in [6.45, 7) is 1.57. The van der Waals surface area contributed by atoms with Crippen molar-refractivity contribution in [1.29, 1.82) is 0 Å². The topological polar surface area (TPSA) is 83.6 Å². The summed E-state index contributed by atoms with van der Waals surface area (Å²) in [5.74, 6) is -0.951. The quantitative estimate of drug-likeness (QED) is 0.603. The molecule has 0 aliphatic carbocycles. The molecule has 2 heterocycles. The van der Waals surface area contributed by atoms with Gasteiger partial charge in [-0.25, -0.2) is 8.42 Å². The number of hydrogen-bond donors (Lipinski definition) is 1. The predicted molar refractivity (Wildman–Crippen MR) is 106 cm³/mol. The molecule has 26 heavy (non-hydrogen) atoms. The second-order valence-corrected chi connectivity index (χ2v) is 9.52. The van der Waals surface area contributed by atoms with Crippen LogP contribution in [0.15, 0.2) is 46.7 Å². The highest BCUT2D eigenvalue weighted by Gasteiger charge is 2.38. The van der Waals surface area contributed by atoms with Gasteiger partial charge in [0.15, 0.2) is 9.84 Å². The smallest absolute Gasteiger partial charge is 0.266 e. The lowest BCUT2D eigenvalue weighted by Crippen LogP contribution is -2.49. The first-order valence-electron chi connectivity index (χ1n) is 7.80. The van der Waals surface area contributed by atoms with Gasteiger partial charge in [-0.2, -0.15) is 0 Å². The van der Waals surface area contributed by atoms with Crippen molar-refractivity contribution in [3.63, 3.8) is 0 Å². The molecule has 3 rings (SSSR count). The second kappa shape index (κ2) is 7.34. The Morgan fingerprint density at radius 3 is 2.69 bits per heavy atom. The van der Waals surface area contributed by atoms with Gasteiger partial charge in [0.2, 0.25) is 5.91 Å². The summed E-state index contributed by atoms with van der Waals surface area (Å²) in [4.78, 5) is 26.8. The number of nitrogens with zero attached hydrogens (tertiary/aromatic N) is 1. The van der Waals surface area contributed by atoms with Crippen LogP contribution in [0.4, 0.5) is 0 Å². The Hall–Kier alpha value is -1.97. The molecule has 2 aliphatic rings. The number of sulfone groups is 1.